The van der Waals surface area contributed by atoms with Crippen LogP contribution in [-0.2, 0) is 20.7 Å². The van der Waals surface area contributed by atoms with Gasteiger partial charge in [-0.15, -0.1) is 0 Å². The minimum Gasteiger partial charge on any atom is -0.465 e. The summed E-state index contributed by atoms with van der Waals surface area (Å²) in [7, 11) is 1.40. The molecule has 0 saturated carbocycles. The molecular weight excluding hydrogens is 316 g/mol. The molecule has 0 radical (unpaired) electrons. The van der Waals surface area contributed by atoms with Crippen LogP contribution in [0.4, 0.5) is 0 Å². The van der Waals surface area contributed by atoms with E-state index in [0.717, 1.165) is 41.7 Å². The molecule has 0 saturated heterocycles. The first kappa shape index (κ1) is 17.0. The van der Waals surface area contributed by atoms with Crippen molar-refractivity contribution in [1.82, 2.24) is 9.88 Å². The first-order valence-electron chi connectivity index (χ1n) is 8.41. The van der Waals surface area contributed by atoms with Crippen molar-refractivity contribution in [2.45, 2.75) is 19.8 Å². The highest BCUT2D eigenvalue weighted by Crippen LogP contribution is 2.30. The summed E-state index contributed by atoms with van der Waals surface area (Å²) in [5.74, 6) is -0.306. The molecule has 0 unspecified atom stereocenters. The lowest BCUT2D eigenvalue weighted by molar-refractivity contribution is -0.133. The first-order valence-corrected chi connectivity index (χ1v) is 8.41. The third-order valence-electron chi connectivity index (χ3n) is 4.42. The maximum absolute atomic E-state index is 12.3. The summed E-state index contributed by atoms with van der Waals surface area (Å²) in [5.41, 5.74) is 3.53. The Morgan fingerprint density at radius 2 is 2.04 bits per heavy atom. The van der Waals surface area contributed by atoms with E-state index < -0.39 is 0 Å². The smallest absolute Gasteiger partial charge is 0.339 e. The molecule has 25 heavy (non-hydrogen) atoms. The third kappa shape index (κ3) is 3.65. The standard InChI is InChI=1S/C20H22N2O3/c1-14(23)9-12-22-11-5-7-17(20(24)25-2)19-16(10-13-22)15-6-3-4-8-18(15)21-19/h3-4,6-9,12,21H,5,10-11,13H2,1-2H3/b12-9+,17-7+. The lowest BCUT2D eigenvalue weighted by Crippen LogP contribution is -2.21. The molecule has 0 fully saturated rings. The molecule has 1 aliphatic rings. The highest BCUT2D eigenvalue weighted by molar-refractivity contribution is 6.17. The van der Waals surface area contributed by atoms with Crippen molar-refractivity contribution in [3.05, 3.63) is 53.9 Å². The number of carbonyl (C=O) groups excluding carboxylic acids is 2. The highest BCUT2D eigenvalue weighted by Gasteiger charge is 2.21. The Morgan fingerprint density at radius 1 is 1.24 bits per heavy atom. The van der Waals surface area contributed by atoms with E-state index >= 15 is 0 Å². The summed E-state index contributed by atoms with van der Waals surface area (Å²) < 4.78 is 4.99. The molecule has 0 amide bonds. The number of nitrogens with one attached hydrogen (secondary N) is 1. The van der Waals surface area contributed by atoms with Crippen molar-refractivity contribution in [3.8, 4) is 0 Å². The Hall–Kier alpha value is -2.82. The molecule has 0 bridgehead atoms. The van der Waals surface area contributed by atoms with Gasteiger partial charge in [0.05, 0.1) is 18.4 Å². The van der Waals surface area contributed by atoms with Gasteiger partial charge in [0.25, 0.3) is 0 Å². The fraction of sp³-hybridized carbons (Fsp3) is 0.300. The average Bonchev–Trinajstić information content (AvgIpc) is 3.00. The van der Waals surface area contributed by atoms with Crippen LogP contribution in [0.5, 0.6) is 0 Å². The maximum atomic E-state index is 12.3. The van der Waals surface area contributed by atoms with Gasteiger partial charge in [0, 0.05) is 30.2 Å². The molecule has 0 spiro atoms. The lowest BCUT2D eigenvalue weighted by atomic mass is 10.0. The number of allylic oxidation sites excluding steroid dienone is 1. The largest absolute Gasteiger partial charge is 0.465 e. The zero-order valence-electron chi connectivity index (χ0n) is 14.5. The predicted octanol–water partition coefficient (Wildman–Crippen LogP) is 3.08. The normalized spacial score (nSPS) is 17.4. The first-order chi connectivity index (χ1) is 12.1. The predicted molar refractivity (Wildman–Crippen MR) is 98.0 cm³/mol. The summed E-state index contributed by atoms with van der Waals surface area (Å²) in [6.07, 6.45) is 6.81. The Labute approximate surface area is 147 Å². The number of para-hydroxylation sites is 1. The number of aromatic amines is 1. The van der Waals surface area contributed by atoms with Gasteiger partial charge in [-0.25, -0.2) is 4.79 Å². The van der Waals surface area contributed by atoms with Gasteiger partial charge in [0.1, 0.15) is 0 Å². The number of ether oxygens (including phenoxy) is 1. The van der Waals surface area contributed by atoms with Gasteiger partial charge in [-0.05, 0) is 37.5 Å². The quantitative estimate of drug-likeness (QED) is 0.690. The number of aromatic nitrogens is 1. The molecule has 1 aliphatic heterocycles. The minimum atomic E-state index is -0.333. The molecule has 1 aromatic heterocycles. The van der Waals surface area contributed by atoms with Gasteiger partial charge in [0.2, 0.25) is 0 Å². The maximum Gasteiger partial charge on any atom is 0.339 e. The summed E-state index contributed by atoms with van der Waals surface area (Å²) in [4.78, 5) is 29.0. The monoisotopic (exact) mass is 338 g/mol. The number of rotatable bonds is 3. The number of fused-ring (bicyclic) bond motifs is 3. The van der Waals surface area contributed by atoms with E-state index in [1.54, 1.807) is 13.0 Å². The molecule has 1 aromatic carbocycles. The van der Waals surface area contributed by atoms with Gasteiger partial charge in [-0.3, -0.25) is 4.79 Å². The zero-order chi connectivity index (χ0) is 17.8. The van der Waals surface area contributed by atoms with Gasteiger partial charge in [-0.2, -0.15) is 0 Å². The molecule has 2 aromatic rings. The second kappa shape index (κ2) is 7.38. The van der Waals surface area contributed by atoms with Crippen LogP contribution >= 0.6 is 0 Å². The van der Waals surface area contributed by atoms with Crippen LogP contribution in [0.2, 0.25) is 0 Å². The average molecular weight is 338 g/mol. The van der Waals surface area contributed by atoms with Crippen molar-refractivity contribution in [2.75, 3.05) is 20.2 Å². The molecule has 0 atom stereocenters. The van der Waals surface area contributed by atoms with Crippen molar-refractivity contribution >= 4 is 28.2 Å². The van der Waals surface area contributed by atoms with Crippen LogP contribution in [0, 0.1) is 0 Å². The van der Waals surface area contributed by atoms with Gasteiger partial charge in [-0.1, -0.05) is 24.3 Å². The van der Waals surface area contributed by atoms with Crippen molar-refractivity contribution in [1.29, 1.82) is 0 Å². The molecule has 0 aliphatic carbocycles. The Balaban J connectivity index is 2.05. The van der Waals surface area contributed by atoms with E-state index in [4.69, 9.17) is 4.74 Å². The van der Waals surface area contributed by atoms with Gasteiger partial charge in [0.15, 0.2) is 5.78 Å². The number of esters is 1. The molecule has 1 N–H and O–H groups in total. The van der Waals surface area contributed by atoms with Gasteiger partial charge < -0.3 is 14.6 Å². The van der Waals surface area contributed by atoms with Crippen molar-refractivity contribution in [3.63, 3.8) is 0 Å². The van der Waals surface area contributed by atoms with E-state index in [-0.39, 0.29) is 11.8 Å². The number of hydrogen-bond acceptors (Lipinski definition) is 4. The van der Waals surface area contributed by atoms with E-state index in [1.807, 2.05) is 30.5 Å². The summed E-state index contributed by atoms with van der Waals surface area (Å²) in [5, 5.41) is 1.12. The molecule has 2 heterocycles. The molecule has 130 valence electrons. The lowest BCUT2D eigenvalue weighted by Gasteiger charge is -2.18. The van der Waals surface area contributed by atoms with Crippen molar-refractivity contribution < 1.29 is 14.3 Å². The number of carbonyl (C=O) groups is 2. The van der Waals surface area contributed by atoms with E-state index in [0.29, 0.717) is 12.0 Å². The zero-order valence-corrected chi connectivity index (χ0v) is 14.5. The highest BCUT2D eigenvalue weighted by atomic mass is 16.5. The van der Waals surface area contributed by atoms with E-state index in [2.05, 4.69) is 16.0 Å². The van der Waals surface area contributed by atoms with Crippen molar-refractivity contribution in [2.24, 2.45) is 0 Å². The van der Waals surface area contributed by atoms with Gasteiger partial charge >= 0.3 is 5.97 Å². The summed E-state index contributed by atoms with van der Waals surface area (Å²) in [6.45, 7) is 3.06. The number of nitrogens with zero attached hydrogens (tertiary/aromatic N) is 1. The fourth-order valence-electron chi connectivity index (χ4n) is 3.19. The summed E-state index contributed by atoms with van der Waals surface area (Å²) in [6, 6.07) is 8.05. The van der Waals surface area contributed by atoms with Crippen LogP contribution in [-0.4, -0.2) is 41.8 Å². The number of H-pyrrole nitrogens is 1. The Kier molecular flexibility index (Phi) is 5.03. The van der Waals surface area contributed by atoms with Crippen LogP contribution < -0.4 is 0 Å². The third-order valence-corrected chi connectivity index (χ3v) is 4.42. The molecule has 3 rings (SSSR count). The SMILES string of the molecule is COC(=O)/C1=C/CCN(/C=C/C(C)=O)CCc2c1[nH]c1ccccc21. The molecular formula is C20H22N2O3. The number of methoxy groups -OCH3 is 1. The van der Waals surface area contributed by atoms with Crippen LogP contribution in [0.15, 0.2) is 42.6 Å². The van der Waals surface area contributed by atoms with E-state index in [9.17, 15) is 9.59 Å². The molecule has 5 heteroatoms. The fourth-order valence-corrected chi connectivity index (χ4v) is 3.19. The second-order valence-corrected chi connectivity index (χ2v) is 6.13. The Morgan fingerprint density at radius 3 is 2.80 bits per heavy atom. The number of benzene rings is 1. The van der Waals surface area contributed by atoms with Crippen LogP contribution in [0.1, 0.15) is 24.6 Å². The van der Waals surface area contributed by atoms with Crippen LogP contribution in [0.3, 0.4) is 0 Å². The number of ketones is 1. The van der Waals surface area contributed by atoms with E-state index in [1.165, 1.54) is 7.11 Å². The topological polar surface area (TPSA) is 62.4 Å². The van der Waals surface area contributed by atoms with Crippen LogP contribution in [0.25, 0.3) is 16.5 Å². The molecule has 5 nitrogen and oxygen atoms in total. The minimum absolute atomic E-state index is 0.0263. The summed E-state index contributed by atoms with van der Waals surface area (Å²) >= 11 is 0. The Bertz CT molecular complexity index is 861. The second-order valence-electron chi connectivity index (χ2n) is 6.13. The number of hydrogen-bond donors (Lipinski definition) is 1.